The van der Waals surface area contributed by atoms with Gasteiger partial charge in [-0.1, -0.05) is 25.0 Å². The van der Waals surface area contributed by atoms with Crippen LogP contribution in [0.1, 0.15) is 76.3 Å². The molecule has 4 rings (SSSR count). The Bertz CT molecular complexity index is 988. The summed E-state index contributed by atoms with van der Waals surface area (Å²) in [7, 11) is 0. The van der Waals surface area contributed by atoms with Crippen LogP contribution in [0.5, 0.6) is 0 Å². The Morgan fingerprint density at radius 1 is 1.07 bits per heavy atom. The van der Waals surface area contributed by atoms with E-state index in [0.717, 1.165) is 72.3 Å². The van der Waals surface area contributed by atoms with E-state index in [4.69, 9.17) is 4.42 Å². The third kappa shape index (κ3) is 4.21. The molecule has 6 nitrogen and oxygen atoms in total. The lowest BCUT2D eigenvalue weighted by Gasteiger charge is -2.19. The quantitative estimate of drug-likeness (QED) is 0.650. The average Bonchev–Trinajstić information content (AvgIpc) is 2.93. The van der Waals surface area contributed by atoms with Crippen LogP contribution in [0.25, 0.3) is 0 Å². The van der Waals surface area contributed by atoms with Gasteiger partial charge in [0.1, 0.15) is 5.76 Å². The number of nitrogens with one attached hydrogen (secondary N) is 1. The minimum Gasteiger partial charge on any atom is -0.455 e. The largest absolute Gasteiger partial charge is 0.455 e. The number of hydrogen-bond donors (Lipinski definition) is 1. The highest BCUT2D eigenvalue weighted by atomic mass is 79.9. The van der Waals surface area contributed by atoms with Gasteiger partial charge in [0.2, 0.25) is 0 Å². The van der Waals surface area contributed by atoms with Gasteiger partial charge in [-0.2, -0.15) is 5.10 Å². The number of nitrogens with zero attached hydrogens (tertiary/aromatic N) is 2. The molecule has 1 fully saturated rings. The van der Waals surface area contributed by atoms with Crippen molar-refractivity contribution in [3.05, 3.63) is 56.9 Å². The van der Waals surface area contributed by atoms with E-state index in [-0.39, 0.29) is 11.8 Å². The van der Waals surface area contributed by atoms with Gasteiger partial charge in [-0.15, -0.1) is 0 Å². The number of amides is 2. The zero-order valence-electron chi connectivity index (χ0n) is 17.2. The van der Waals surface area contributed by atoms with Crippen molar-refractivity contribution in [1.29, 1.82) is 0 Å². The molecular weight excluding hydrogens is 446 g/mol. The molecule has 7 heteroatoms. The van der Waals surface area contributed by atoms with Gasteiger partial charge in [-0.3, -0.25) is 9.59 Å². The topological polar surface area (TPSA) is 74.9 Å². The number of halogens is 1. The maximum Gasteiger partial charge on any atom is 0.289 e. The standard InChI is InChI=1S/C23H26BrN3O3/c1-15-20-18(25-26-22(28)16-9-4-5-10-17(16)24)11-8-12-19(20)30-21(15)23(29)27-13-6-2-3-7-14-27/h4-5,9-10H,2-3,6-8,11-14H2,1H3,(H,26,28)/b25-18+. The van der Waals surface area contributed by atoms with Crippen molar-refractivity contribution in [2.45, 2.75) is 51.9 Å². The highest BCUT2D eigenvalue weighted by molar-refractivity contribution is 9.10. The Balaban J connectivity index is 1.58. The fourth-order valence-electron chi connectivity index (χ4n) is 4.23. The summed E-state index contributed by atoms with van der Waals surface area (Å²) in [5.41, 5.74) is 5.68. The molecule has 1 aromatic carbocycles. The maximum atomic E-state index is 13.1. The molecule has 1 saturated heterocycles. The number of hydrogen-bond acceptors (Lipinski definition) is 4. The number of benzene rings is 1. The molecule has 30 heavy (non-hydrogen) atoms. The Kier molecular flexibility index (Phi) is 6.37. The molecule has 2 heterocycles. The summed E-state index contributed by atoms with van der Waals surface area (Å²) in [6, 6.07) is 7.24. The predicted molar refractivity (Wildman–Crippen MR) is 119 cm³/mol. The second-order valence-corrected chi connectivity index (χ2v) is 8.75. The van der Waals surface area contributed by atoms with Gasteiger partial charge < -0.3 is 9.32 Å². The Morgan fingerprint density at radius 3 is 2.53 bits per heavy atom. The first-order chi connectivity index (χ1) is 14.6. The molecule has 1 N–H and O–H groups in total. The van der Waals surface area contributed by atoms with Gasteiger partial charge in [0.15, 0.2) is 5.76 Å². The molecule has 158 valence electrons. The van der Waals surface area contributed by atoms with Crippen LogP contribution in [-0.4, -0.2) is 35.5 Å². The minimum atomic E-state index is -0.274. The molecule has 1 aromatic heterocycles. The molecule has 0 spiro atoms. The van der Waals surface area contributed by atoms with E-state index in [0.29, 0.717) is 11.3 Å². The van der Waals surface area contributed by atoms with Gasteiger partial charge in [0.05, 0.1) is 11.3 Å². The molecule has 0 saturated carbocycles. The van der Waals surface area contributed by atoms with Crippen LogP contribution in [0.3, 0.4) is 0 Å². The second-order valence-electron chi connectivity index (χ2n) is 7.89. The molecule has 2 aliphatic rings. The van der Waals surface area contributed by atoms with Crippen molar-refractivity contribution in [3.8, 4) is 0 Å². The van der Waals surface area contributed by atoms with Crippen molar-refractivity contribution in [3.63, 3.8) is 0 Å². The van der Waals surface area contributed by atoms with Crippen molar-refractivity contribution >= 4 is 33.5 Å². The average molecular weight is 472 g/mol. The SMILES string of the molecule is Cc1c(C(=O)N2CCCCCC2)oc2c1/C(=N/NC(=O)c1ccccc1Br)CCC2. The van der Waals surface area contributed by atoms with E-state index < -0.39 is 0 Å². The number of hydrazone groups is 1. The van der Waals surface area contributed by atoms with Gasteiger partial charge >= 0.3 is 0 Å². The molecular formula is C23H26BrN3O3. The summed E-state index contributed by atoms with van der Waals surface area (Å²) in [6.45, 7) is 3.49. The smallest absolute Gasteiger partial charge is 0.289 e. The number of fused-ring (bicyclic) bond motifs is 1. The lowest BCUT2D eigenvalue weighted by molar-refractivity contribution is 0.0726. The number of furan rings is 1. The van der Waals surface area contributed by atoms with Crippen molar-refractivity contribution in [1.82, 2.24) is 10.3 Å². The third-order valence-corrected chi connectivity index (χ3v) is 6.52. The van der Waals surface area contributed by atoms with E-state index in [1.54, 1.807) is 6.07 Å². The summed E-state index contributed by atoms with van der Waals surface area (Å²) in [6.07, 6.45) is 6.82. The molecule has 0 unspecified atom stereocenters. The fourth-order valence-corrected chi connectivity index (χ4v) is 4.69. The summed E-state index contributed by atoms with van der Waals surface area (Å²) in [5.74, 6) is 0.920. The molecule has 2 amide bonds. The highest BCUT2D eigenvalue weighted by Crippen LogP contribution is 2.31. The van der Waals surface area contributed by atoms with E-state index in [9.17, 15) is 9.59 Å². The summed E-state index contributed by atoms with van der Waals surface area (Å²) < 4.78 is 6.76. The zero-order valence-corrected chi connectivity index (χ0v) is 18.8. The van der Waals surface area contributed by atoms with Gasteiger partial charge in [-0.25, -0.2) is 5.43 Å². The molecule has 0 bridgehead atoms. The first kappa shape index (κ1) is 20.8. The second kappa shape index (κ2) is 9.16. The molecule has 1 aliphatic carbocycles. The van der Waals surface area contributed by atoms with E-state index >= 15 is 0 Å². The summed E-state index contributed by atoms with van der Waals surface area (Å²) >= 11 is 3.40. The van der Waals surface area contributed by atoms with E-state index in [2.05, 4.69) is 26.5 Å². The number of carbonyl (C=O) groups excluding carboxylic acids is 2. The number of carbonyl (C=O) groups is 2. The lowest BCUT2D eigenvalue weighted by atomic mass is 9.93. The fraction of sp³-hybridized carbons (Fsp3) is 0.435. The van der Waals surface area contributed by atoms with Crippen LogP contribution < -0.4 is 5.43 Å². The summed E-state index contributed by atoms with van der Waals surface area (Å²) in [5, 5.41) is 4.41. The van der Waals surface area contributed by atoms with Crippen LogP contribution in [0.4, 0.5) is 0 Å². The number of likely N-dealkylation sites (tertiary alicyclic amines) is 1. The molecule has 2 aromatic rings. The Hall–Kier alpha value is -2.41. The Morgan fingerprint density at radius 2 is 1.80 bits per heavy atom. The minimum absolute atomic E-state index is 0.0274. The van der Waals surface area contributed by atoms with Crippen molar-refractivity contribution < 1.29 is 14.0 Å². The van der Waals surface area contributed by atoms with Crippen LogP contribution in [-0.2, 0) is 6.42 Å². The van der Waals surface area contributed by atoms with E-state index in [1.807, 2.05) is 30.0 Å². The maximum absolute atomic E-state index is 13.1. The highest BCUT2D eigenvalue weighted by Gasteiger charge is 2.30. The van der Waals surface area contributed by atoms with E-state index in [1.165, 1.54) is 12.8 Å². The normalized spacial score (nSPS) is 18.1. The van der Waals surface area contributed by atoms with Gasteiger partial charge in [-0.05, 0) is 60.7 Å². The van der Waals surface area contributed by atoms with Crippen LogP contribution in [0.15, 0.2) is 38.3 Å². The monoisotopic (exact) mass is 471 g/mol. The zero-order chi connectivity index (χ0) is 21.1. The van der Waals surface area contributed by atoms with Crippen molar-refractivity contribution in [2.75, 3.05) is 13.1 Å². The summed E-state index contributed by atoms with van der Waals surface area (Å²) in [4.78, 5) is 27.5. The van der Waals surface area contributed by atoms with Crippen LogP contribution >= 0.6 is 15.9 Å². The molecule has 0 radical (unpaired) electrons. The molecule has 0 atom stereocenters. The molecule has 1 aliphatic heterocycles. The van der Waals surface area contributed by atoms with Crippen LogP contribution in [0.2, 0.25) is 0 Å². The van der Waals surface area contributed by atoms with Gasteiger partial charge in [0.25, 0.3) is 11.8 Å². The Labute approximate surface area is 184 Å². The van der Waals surface area contributed by atoms with Crippen LogP contribution in [0, 0.1) is 6.92 Å². The predicted octanol–water partition coefficient (Wildman–Crippen LogP) is 4.84. The number of aryl methyl sites for hydroxylation is 1. The number of rotatable bonds is 3. The first-order valence-electron chi connectivity index (χ1n) is 10.6. The first-order valence-corrected chi connectivity index (χ1v) is 11.4. The van der Waals surface area contributed by atoms with Crippen molar-refractivity contribution in [2.24, 2.45) is 5.10 Å². The van der Waals surface area contributed by atoms with Gasteiger partial charge in [0, 0.05) is 35.1 Å². The third-order valence-electron chi connectivity index (χ3n) is 5.82. The lowest BCUT2D eigenvalue weighted by Crippen LogP contribution is -2.32.